The smallest absolute Gasteiger partial charge is 0.311 e. The van der Waals surface area contributed by atoms with Crippen molar-refractivity contribution in [3.8, 4) is 0 Å². The average Bonchev–Trinajstić information content (AvgIpc) is 2.07. The SMILES string of the molecule is CC(C)[C@@H](C(=O)O)c1ccc(N)cc1. The van der Waals surface area contributed by atoms with Crippen LogP contribution in [-0.4, -0.2) is 11.1 Å². The summed E-state index contributed by atoms with van der Waals surface area (Å²) in [5.74, 6) is -1.16. The molecule has 0 radical (unpaired) electrons. The van der Waals surface area contributed by atoms with E-state index in [1.807, 2.05) is 13.8 Å². The molecule has 1 atom stereocenters. The highest BCUT2D eigenvalue weighted by Gasteiger charge is 2.22. The first-order chi connectivity index (χ1) is 6.52. The zero-order chi connectivity index (χ0) is 10.7. The van der Waals surface area contributed by atoms with Crippen LogP contribution < -0.4 is 5.73 Å². The highest BCUT2D eigenvalue weighted by Crippen LogP contribution is 2.25. The Morgan fingerprint density at radius 1 is 1.29 bits per heavy atom. The molecular formula is C11H15NO2. The third kappa shape index (κ3) is 2.25. The zero-order valence-electron chi connectivity index (χ0n) is 8.40. The Morgan fingerprint density at radius 3 is 2.14 bits per heavy atom. The fourth-order valence-corrected chi connectivity index (χ4v) is 1.52. The van der Waals surface area contributed by atoms with Crippen molar-refractivity contribution in [3.63, 3.8) is 0 Å². The maximum atomic E-state index is 11.0. The van der Waals surface area contributed by atoms with Crippen LogP contribution in [0, 0.1) is 5.92 Å². The number of aliphatic carboxylic acids is 1. The van der Waals surface area contributed by atoms with Crippen molar-refractivity contribution in [2.75, 3.05) is 5.73 Å². The molecule has 1 rings (SSSR count). The van der Waals surface area contributed by atoms with Crippen molar-refractivity contribution in [3.05, 3.63) is 29.8 Å². The number of hydrogen-bond donors (Lipinski definition) is 2. The van der Waals surface area contributed by atoms with Gasteiger partial charge in [-0.1, -0.05) is 26.0 Å². The van der Waals surface area contributed by atoms with E-state index in [2.05, 4.69) is 0 Å². The van der Waals surface area contributed by atoms with Crippen LogP contribution in [0.25, 0.3) is 0 Å². The molecule has 0 unspecified atom stereocenters. The Morgan fingerprint density at radius 2 is 1.79 bits per heavy atom. The molecule has 3 nitrogen and oxygen atoms in total. The first-order valence-corrected chi connectivity index (χ1v) is 4.60. The van der Waals surface area contributed by atoms with E-state index in [1.54, 1.807) is 24.3 Å². The summed E-state index contributed by atoms with van der Waals surface area (Å²) in [5.41, 5.74) is 6.99. The molecule has 0 aliphatic rings. The molecule has 76 valence electrons. The number of carbonyl (C=O) groups is 1. The Kier molecular flexibility index (Phi) is 3.12. The maximum absolute atomic E-state index is 11.0. The zero-order valence-corrected chi connectivity index (χ0v) is 8.40. The summed E-state index contributed by atoms with van der Waals surface area (Å²) in [6.45, 7) is 3.80. The van der Waals surface area contributed by atoms with E-state index in [4.69, 9.17) is 10.8 Å². The minimum atomic E-state index is -0.787. The normalized spacial score (nSPS) is 12.8. The number of rotatable bonds is 3. The predicted octanol–water partition coefficient (Wildman–Crippen LogP) is 2.09. The fourth-order valence-electron chi connectivity index (χ4n) is 1.52. The van der Waals surface area contributed by atoms with Crippen LogP contribution in [0.5, 0.6) is 0 Å². The van der Waals surface area contributed by atoms with Crippen molar-refractivity contribution in [1.82, 2.24) is 0 Å². The van der Waals surface area contributed by atoms with E-state index in [-0.39, 0.29) is 5.92 Å². The molecule has 1 aromatic carbocycles. The molecule has 3 heteroatoms. The monoisotopic (exact) mass is 193 g/mol. The Bertz CT molecular complexity index is 317. The van der Waals surface area contributed by atoms with E-state index >= 15 is 0 Å². The van der Waals surface area contributed by atoms with E-state index in [0.717, 1.165) is 5.56 Å². The van der Waals surface area contributed by atoms with Gasteiger partial charge in [-0.2, -0.15) is 0 Å². The molecule has 0 fully saturated rings. The molecule has 0 saturated carbocycles. The topological polar surface area (TPSA) is 63.3 Å². The molecule has 14 heavy (non-hydrogen) atoms. The van der Waals surface area contributed by atoms with E-state index in [9.17, 15) is 4.79 Å². The first-order valence-electron chi connectivity index (χ1n) is 4.60. The van der Waals surface area contributed by atoms with Crippen LogP contribution in [-0.2, 0) is 4.79 Å². The lowest BCUT2D eigenvalue weighted by molar-refractivity contribution is -0.139. The molecule has 0 aliphatic carbocycles. The van der Waals surface area contributed by atoms with Gasteiger partial charge in [0.05, 0.1) is 5.92 Å². The quantitative estimate of drug-likeness (QED) is 0.722. The molecule has 0 bridgehead atoms. The third-order valence-corrected chi connectivity index (χ3v) is 2.23. The van der Waals surface area contributed by atoms with Crippen LogP contribution in [0.3, 0.4) is 0 Å². The van der Waals surface area contributed by atoms with Crippen molar-refractivity contribution in [2.45, 2.75) is 19.8 Å². The van der Waals surface area contributed by atoms with Crippen LogP contribution in [0.2, 0.25) is 0 Å². The standard InChI is InChI=1S/C11H15NO2/c1-7(2)10(11(13)14)8-3-5-9(12)6-4-8/h3-7,10H,12H2,1-2H3,(H,13,14)/t10-/m1/s1. The van der Waals surface area contributed by atoms with Gasteiger partial charge in [-0.25, -0.2) is 0 Å². The molecule has 0 aromatic heterocycles. The highest BCUT2D eigenvalue weighted by molar-refractivity contribution is 5.76. The molecule has 0 saturated heterocycles. The molecule has 1 aromatic rings. The number of nitrogen functional groups attached to an aromatic ring is 1. The van der Waals surface area contributed by atoms with Gasteiger partial charge < -0.3 is 10.8 Å². The van der Waals surface area contributed by atoms with Crippen molar-refractivity contribution < 1.29 is 9.90 Å². The number of carboxylic acids is 1. The van der Waals surface area contributed by atoms with E-state index in [1.165, 1.54) is 0 Å². The Labute approximate surface area is 83.6 Å². The fraction of sp³-hybridized carbons (Fsp3) is 0.364. The van der Waals surface area contributed by atoms with Crippen LogP contribution >= 0.6 is 0 Å². The summed E-state index contributed by atoms with van der Waals surface area (Å²) in [4.78, 5) is 11.0. The third-order valence-electron chi connectivity index (χ3n) is 2.23. The van der Waals surface area contributed by atoms with Gasteiger partial charge in [0.2, 0.25) is 0 Å². The lowest BCUT2D eigenvalue weighted by atomic mass is 9.88. The van der Waals surface area contributed by atoms with E-state index < -0.39 is 11.9 Å². The number of benzene rings is 1. The molecule has 0 spiro atoms. The Hall–Kier alpha value is -1.51. The summed E-state index contributed by atoms with van der Waals surface area (Å²) in [7, 11) is 0. The van der Waals surface area contributed by atoms with Gasteiger partial charge >= 0.3 is 5.97 Å². The molecule has 0 aliphatic heterocycles. The van der Waals surface area contributed by atoms with Crippen molar-refractivity contribution in [1.29, 1.82) is 0 Å². The second-order valence-corrected chi connectivity index (χ2v) is 3.73. The first kappa shape index (κ1) is 10.6. The second-order valence-electron chi connectivity index (χ2n) is 3.73. The summed E-state index contributed by atoms with van der Waals surface area (Å²) < 4.78 is 0. The molecule has 0 heterocycles. The summed E-state index contributed by atoms with van der Waals surface area (Å²) in [5, 5.41) is 9.04. The van der Waals surface area contributed by atoms with Gasteiger partial charge in [0.1, 0.15) is 0 Å². The van der Waals surface area contributed by atoms with Gasteiger partial charge in [0, 0.05) is 5.69 Å². The number of carboxylic acid groups (broad SMARTS) is 1. The van der Waals surface area contributed by atoms with Crippen molar-refractivity contribution in [2.24, 2.45) is 5.92 Å². The lowest BCUT2D eigenvalue weighted by Gasteiger charge is -2.16. The molecule has 0 amide bonds. The second kappa shape index (κ2) is 4.13. The minimum absolute atomic E-state index is 0.0797. The highest BCUT2D eigenvalue weighted by atomic mass is 16.4. The number of anilines is 1. The largest absolute Gasteiger partial charge is 0.481 e. The van der Waals surface area contributed by atoms with Gasteiger partial charge in [-0.05, 0) is 23.6 Å². The minimum Gasteiger partial charge on any atom is -0.481 e. The van der Waals surface area contributed by atoms with Gasteiger partial charge in [0.15, 0.2) is 0 Å². The van der Waals surface area contributed by atoms with Gasteiger partial charge in [0.25, 0.3) is 0 Å². The van der Waals surface area contributed by atoms with E-state index in [0.29, 0.717) is 5.69 Å². The summed E-state index contributed by atoms with van der Waals surface area (Å²) in [6, 6.07) is 7.00. The molecular weight excluding hydrogens is 178 g/mol. The van der Waals surface area contributed by atoms with Gasteiger partial charge in [-0.15, -0.1) is 0 Å². The van der Waals surface area contributed by atoms with Crippen LogP contribution in [0.1, 0.15) is 25.3 Å². The van der Waals surface area contributed by atoms with Crippen LogP contribution in [0.15, 0.2) is 24.3 Å². The summed E-state index contributed by atoms with van der Waals surface area (Å²) >= 11 is 0. The lowest BCUT2D eigenvalue weighted by Crippen LogP contribution is -2.17. The predicted molar refractivity (Wildman–Crippen MR) is 56.1 cm³/mol. The van der Waals surface area contributed by atoms with Crippen LogP contribution in [0.4, 0.5) is 5.69 Å². The van der Waals surface area contributed by atoms with Crippen molar-refractivity contribution >= 4 is 11.7 Å². The molecule has 3 N–H and O–H groups in total. The summed E-state index contributed by atoms with van der Waals surface area (Å²) in [6.07, 6.45) is 0. The average molecular weight is 193 g/mol. The maximum Gasteiger partial charge on any atom is 0.311 e. The number of hydrogen-bond acceptors (Lipinski definition) is 2. The number of nitrogens with two attached hydrogens (primary N) is 1. The van der Waals surface area contributed by atoms with Gasteiger partial charge in [-0.3, -0.25) is 4.79 Å². The Balaban J connectivity index is 3.00.